The number of ether oxygens (including phenoxy) is 2. The molecular weight excluding hydrogens is 399 g/mol. The van der Waals surface area contributed by atoms with Crippen LogP contribution in [0.3, 0.4) is 0 Å². The molecular formula is C21H18ClFN2O4. The van der Waals surface area contributed by atoms with Gasteiger partial charge in [0.15, 0.2) is 18.2 Å². The zero-order valence-electron chi connectivity index (χ0n) is 15.8. The van der Waals surface area contributed by atoms with E-state index in [-0.39, 0.29) is 12.3 Å². The molecule has 0 radical (unpaired) electrons. The van der Waals surface area contributed by atoms with E-state index in [1.54, 1.807) is 43.4 Å². The molecule has 1 aromatic heterocycles. The maximum atomic E-state index is 13.8. The van der Waals surface area contributed by atoms with Crippen LogP contribution in [0, 0.1) is 5.82 Å². The summed E-state index contributed by atoms with van der Waals surface area (Å²) in [5.74, 6) is -1.42. The van der Waals surface area contributed by atoms with E-state index >= 15 is 0 Å². The Morgan fingerprint density at radius 1 is 1.14 bits per heavy atom. The second-order valence-electron chi connectivity index (χ2n) is 6.34. The SMILES string of the molecule is COc1ccc(CN(C)C(=O)COC(=O)c2ccc3nc(Cl)ccc3c2)cc1F. The molecule has 0 saturated carbocycles. The van der Waals surface area contributed by atoms with Crippen molar-refractivity contribution in [1.82, 2.24) is 9.88 Å². The van der Waals surface area contributed by atoms with E-state index < -0.39 is 24.3 Å². The number of amides is 1. The monoisotopic (exact) mass is 416 g/mol. The van der Waals surface area contributed by atoms with Gasteiger partial charge in [-0.2, -0.15) is 0 Å². The fourth-order valence-corrected chi connectivity index (χ4v) is 2.87. The van der Waals surface area contributed by atoms with Crippen LogP contribution in [0.4, 0.5) is 4.39 Å². The number of aromatic nitrogens is 1. The highest BCUT2D eigenvalue weighted by Crippen LogP contribution is 2.19. The minimum Gasteiger partial charge on any atom is -0.494 e. The lowest BCUT2D eigenvalue weighted by Crippen LogP contribution is -2.30. The second kappa shape index (κ2) is 8.87. The van der Waals surface area contributed by atoms with Crippen molar-refractivity contribution in [2.24, 2.45) is 0 Å². The number of fused-ring (bicyclic) bond motifs is 1. The Bertz CT molecular complexity index is 1070. The average molecular weight is 417 g/mol. The molecule has 0 bridgehead atoms. The van der Waals surface area contributed by atoms with Crippen molar-refractivity contribution in [2.75, 3.05) is 20.8 Å². The van der Waals surface area contributed by atoms with Crippen LogP contribution < -0.4 is 4.74 Å². The van der Waals surface area contributed by atoms with Gasteiger partial charge in [-0.15, -0.1) is 0 Å². The standard InChI is InChI=1S/C21H18ClFN2O4/c1-25(11-13-3-7-18(28-2)16(23)9-13)20(26)12-29-21(27)15-4-6-17-14(10-15)5-8-19(22)24-17/h3-10H,11-12H2,1-2H3. The number of carbonyl (C=O) groups is 2. The zero-order chi connectivity index (χ0) is 21.0. The van der Waals surface area contributed by atoms with E-state index in [1.807, 2.05) is 0 Å². The number of hydrogen-bond donors (Lipinski definition) is 0. The summed E-state index contributed by atoms with van der Waals surface area (Å²) in [6.45, 7) is -0.259. The molecule has 0 fully saturated rings. The smallest absolute Gasteiger partial charge is 0.338 e. The normalized spacial score (nSPS) is 10.6. The number of hydrogen-bond acceptors (Lipinski definition) is 5. The van der Waals surface area contributed by atoms with Crippen molar-refractivity contribution < 1.29 is 23.5 Å². The Morgan fingerprint density at radius 2 is 1.93 bits per heavy atom. The molecule has 3 aromatic rings. The average Bonchev–Trinajstić information content (AvgIpc) is 2.71. The Hall–Kier alpha value is -3.19. The van der Waals surface area contributed by atoms with Crippen molar-refractivity contribution in [1.29, 1.82) is 0 Å². The van der Waals surface area contributed by atoms with Gasteiger partial charge in [-0.25, -0.2) is 14.2 Å². The molecule has 29 heavy (non-hydrogen) atoms. The first kappa shape index (κ1) is 20.5. The number of esters is 1. The molecule has 0 aliphatic carbocycles. The van der Waals surface area contributed by atoms with E-state index in [1.165, 1.54) is 24.1 Å². The fraction of sp³-hybridized carbons (Fsp3) is 0.190. The molecule has 0 atom stereocenters. The van der Waals surface area contributed by atoms with Crippen LogP contribution in [0.1, 0.15) is 15.9 Å². The summed E-state index contributed by atoms with van der Waals surface area (Å²) in [5.41, 5.74) is 1.54. The Kier molecular flexibility index (Phi) is 6.29. The Labute approximate surface area is 171 Å². The molecule has 6 nitrogen and oxygen atoms in total. The van der Waals surface area contributed by atoms with Crippen molar-refractivity contribution >= 4 is 34.4 Å². The first-order valence-electron chi connectivity index (χ1n) is 8.67. The van der Waals surface area contributed by atoms with E-state index in [2.05, 4.69) is 4.98 Å². The van der Waals surface area contributed by atoms with Gasteiger partial charge in [0.05, 0.1) is 18.2 Å². The van der Waals surface area contributed by atoms with Crippen molar-refractivity contribution in [3.05, 3.63) is 70.6 Å². The summed E-state index contributed by atoms with van der Waals surface area (Å²) in [6.07, 6.45) is 0. The highest BCUT2D eigenvalue weighted by molar-refractivity contribution is 6.29. The quantitative estimate of drug-likeness (QED) is 0.451. The van der Waals surface area contributed by atoms with Crippen LogP contribution in [0.2, 0.25) is 5.15 Å². The number of nitrogens with zero attached hydrogens (tertiary/aromatic N) is 2. The van der Waals surface area contributed by atoms with Crippen LogP contribution in [0.5, 0.6) is 5.75 Å². The van der Waals surface area contributed by atoms with Crippen LogP contribution in [0.25, 0.3) is 10.9 Å². The second-order valence-corrected chi connectivity index (χ2v) is 6.72. The van der Waals surface area contributed by atoms with Crippen LogP contribution in [-0.2, 0) is 16.1 Å². The van der Waals surface area contributed by atoms with Gasteiger partial charge in [0, 0.05) is 19.0 Å². The van der Waals surface area contributed by atoms with E-state index in [0.29, 0.717) is 21.8 Å². The molecule has 8 heteroatoms. The minimum absolute atomic E-state index is 0.129. The lowest BCUT2D eigenvalue weighted by atomic mass is 10.1. The summed E-state index contributed by atoms with van der Waals surface area (Å²) in [7, 11) is 2.92. The molecule has 0 N–H and O–H groups in total. The van der Waals surface area contributed by atoms with Gasteiger partial charge in [0.2, 0.25) is 0 Å². The minimum atomic E-state index is -0.626. The largest absolute Gasteiger partial charge is 0.494 e. The summed E-state index contributed by atoms with van der Waals surface area (Å²) >= 11 is 5.85. The predicted octanol–water partition coefficient (Wildman–Crippen LogP) is 3.85. The number of halogens is 2. The number of benzene rings is 2. The van der Waals surface area contributed by atoms with Gasteiger partial charge in [0.1, 0.15) is 5.15 Å². The van der Waals surface area contributed by atoms with Gasteiger partial charge >= 0.3 is 5.97 Å². The summed E-state index contributed by atoms with van der Waals surface area (Å²) in [5, 5.41) is 1.09. The maximum Gasteiger partial charge on any atom is 0.338 e. The molecule has 150 valence electrons. The molecule has 0 aliphatic rings. The van der Waals surface area contributed by atoms with Crippen LogP contribution >= 0.6 is 11.6 Å². The molecule has 1 heterocycles. The highest BCUT2D eigenvalue weighted by atomic mass is 35.5. The Balaban J connectivity index is 1.58. The predicted molar refractivity (Wildman–Crippen MR) is 106 cm³/mol. The van der Waals surface area contributed by atoms with Gasteiger partial charge in [-0.3, -0.25) is 4.79 Å². The number of likely N-dealkylation sites (N-methyl/N-ethyl adjacent to an activating group) is 1. The zero-order valence-corrected chi connectivity index (χ0v) is 16.6. The Morgan fingerprint density at radius 3 is 2.66 bits per heavy atom. The molecule has 2 aromatic carbocycles. The third-order valence-corrected chi connectivity index (χ3v) is 4.49. The fourth-order valence-electron chi connectivity index (χ4n) is 2.72. The lowest BCUT2D eigenvalue weighted by molar-refractivity contribution is -0.133. The summed E-state index contributed by atoms with van der Waals surface area (Å²) < 4.78 is 23.7. The van der Waals surface area contributed by atoms with E-state index in [4.69, 9.17) is 21.1 Å². The molecule has 0 saturated heterocycles. The topological polar surface area (TPSA) is 68.7 Å². The van der Waals surface area contributed by atoms with Crippen LogP contribution in [-0.4, -0.2) is 42.5 Å². The lowest BCUT2D eigenvalue weighted by Gasteiger charge is -2.17. The van der Waals surface area contributed by atoms with Gasteiger partial charge in [0.25, 0.3) is 5.91 Å². The van der Waals surface area contributed by atoms with Gasteiger partial charge < -0.3 is 14.4 Å². The molecule has 0 aliphatic heterocycles. The van der Waals surface area contributed by atoms with Crippen LogP contribution in [0.15, 0.2) is 48.5 Å². The van der Waals surface area contributed by atoms with E-state index in [9.17, 15) is 14.0 Å². The number of carbonyl (C=O) groups excluding carboxylic acids is 2. The molecule has 0 unspecified atom stereocenters. The first-order chi connectivity index (χ1) is 13.9. The third kappa shape index (κ3) is 5.00. The highest BCUT2D eigenvalue weighted by Gasteiger charge is 2.15. The van der Waals surface area contributed by atoms with Crippen molar-refractivity contribution in [3.63, 3.8) is 0 Å². The summed E-state index contributed by atoms with van der Waals surface area (Å²) in [4.78, 5) is 30.0. The van der Waals surface area contributed by atoms with Crippen molar-refractivity contribution in [3.8, 4) is 5.75 Å². The number of rotatable bonds is 6. The first-order valence-corrected chi connectivity index (χ1v) is 9.05. The molecule has 1 amide bonds. The van der Waals surface area contributed by atoms with Gasteiger partial charge in [-0.1, -0.05) is 17.7 Å². The van der Waals surface area contributed by atoms with Gasteiger partial charge in [-0.05, 0) is 48.0 Å². The summed E-state index contributed by atoms with van der Waals surface area (Å²) in [6, 6.07) is 12.7. The molecule has 0 spiro atoms. The molecule has 3 rings (SSSR count). The number of methoxy groups -OCH3 is 1. The third-order valence-electron chi connectivity index (χ3n) is 4.28. The number of pyridine rings is 1. The maximum absolute atomic E-state index is 13.8. The van der Waals surface area contributed by atoms with Crippen molar-refractivity contribution in [2.45, 2.75) is 6.54 Å². The van der Waals surface area contributed by atoms with E-state index in [0.717, 1.165) is 5.39 Å².